The van der Waals surface area contributed by atoms with Crippen LogP contribution in [0.3, 0.4) is 0 Å². The fraction of sp³-hybridized carbons (Fsp3) is 0.385. The van der Waals surface area contributed by atoms with E-state index in [2.05, 4.69) is 20.2 Å². The van der Waals surface area contributed by atoms with Crippen molar-refractivity contribution in [3.63, 3.8) is 0 Å². The number of hydrogen-bond donors (Lipinski definition) is 0. The fourth-order valence-corrected chi connectivity index (χ4v) is 5.97. The van der Waals surface area contributed by atoms with Gasteiger partial charge in [-0.05, 0) is 60.4 Å². The first-order chi connectivity index (χ1) is 18.0. The molecular formula is C26H27N7O3S. The van der Waals surface area contributed by atoms with Crippen LogP contribution in [0.15, 0.2) is 46.4 Å². The molecule has 10 nitrogen and oxygen atoms in total. The molecule has 2 saturated heterocycles. The first-order valence-electron chi connectivity index (χ1n) is 12.5. The van der Waals surface area contributed by atoms with E-state index in [0.29, 0.717) is 48.5 Å². The van der Waals surface area contributed by atoms with E-state index < -0.39 is 0 Å². The van der Waals surface area contributed by atoms with E-state index in [1.807, 2.05) is 40.3 Å². The molecule has 3 aromatic heterocycles. The predicted octanol–water partition coefficient (Wildman–Crippen LogP) is 3.36. The molecule has 0 radical (unpaired) electrons. The largest absolute Gasteiger partial charge is 0.353 e. The molecule has 0 saturated carbocycles. The fourth-order valence-electron chi connectivity index (χ4n) is 5.01. The van der Waals surface area contributed by atoms with Crippen LogP contribution in [0.5, 0.6) is 0 Å². The van der Waals surface area contributed by atoms with Crippen molar-refractivity contribution in [1.82, 2.24) is 30.1 Å². The van der Waals surface area contributed by atoms with Gasteiger partial charge in [0.05, 0.1) is 5.01 Å². The molecule has 6 rings (SSSR count). The number of aromatic nitrogens is 4. The third-order valence-electron chi connectivity index (χ3n) is 7.14. The summed E-state index contributed by atoms with van der Waals surface area (Å²) >= 11 is 1.55. The minimum Gasteiger partial charge on any atom is -0.353 e. The van der Waals surface area contributed by atoms with E-state index >= 15 is 0 Å². The molecular weight excluding hydrogens is 490 g/mol. The number of rotatable bonds is 4. The Morgan fingerprint density at radius 1 is 0.892 bits per heavy atom. The van der Waals surface area contributed by atoms with Crippen molar-refractivity contribution in [2.75, 3.05) is 44.2 Å². The van der Waals surface area contributed by atoms with Gasteiger partial charge in [0, 0.05) is 61.8 Å². The molecule has 1 aromatic carbocycles. The van der Waals surface area contributed by atoms with Crippen LogP contribution in [0.25, 0.3) is 11.0 Å². The number of fused-ring (bicyclic) bond motifs is 1. The maximum absolute atomic E-state index is 13.1. The van der Waals surface area contributed by atoms with Gasteiger partial charge in [0.15, 0.2) is 0 Å². The highest BCUT2D eigenvalue weighted by atomic mass is 32.1. The molecule has 0 N–H and O–H groups in total. The van der Waals surface area contributed by atoms with Gasteiger partial charge in [0.2, 0.25) is 0 Å². The molecule has 0 aliphatic carbocycles. The molecule has 0 atom stereocenters. The van der Waals surface area contributed by atoms with Gasteiger partial charge in [-0.3, -0.25) is 9.59 Å². The Balaban J connectivity index is 1.03. The van der Waals surface area contributed by atoms with Crippen LogP contribution < -0.4 is 4.90 Å². The molecule has 0 unspecified atom stereocenters. The van der Waals surface area contributed by atoms with Crippen LogP contribution in [0, 0.1) is 6.92 Å². The van der Waals surface area contributed by atoms with Crippen molar-refractivity contribution in [2.45, 2.75) is 25.7 Å². The topological polar surface area (TPSA) is 109 Å². The van der Waals surface area contributed by atoms with E-state index in [1.165, 1.54) is 0 Å². The predicted molar refractivity (Wildman–Crippen MR) is 139 cm³/mol. The standard InChI is InChI=1S/C26H27N7O3S/c1-17-3-2-4-23(27-17)31-11-13-33(14-12-31)26(35)22-16-37-24(28-22)18-7-9-32(10-8-18)25(34)19-5-6-20-21(15-19)30-36-29-20/h2-6,15-16,18H,7-14H2,1H3. The van der Waals surface area contributed by atoms with Crippen molar-refractivity contribution in [1.29, 1.82) is 0 Å². The Morgan fingerprint density at radius 3 is 2.43 bits per heavy atom. The van der Waals surface area contributed by atoms with E-state index in [4.69, 9.17) is 9.61 Å². The molecule has 5 heterocycles. The second kappa shape index (κ2) is 9.89. The Bertz CT molecular complexity index is 1430. The minimum absolute atomic E-state index is 0.00953. The summed E-state index contributed by atoms with van der Waals surface area (Å²) in [5, 5.41) is 10.5. The molecule has 2 aliphatic heterocycles. The summed E-state index contributed by atoms with van der Waals surface area (Å²) in [5.74, 6) is 1.19. The quantitative estimate of drug-likeness (QED) is 0.405. The van der Waals surface area contributed by atoms with Gasteiger partial charge in [-0.25, -0.2) is 14.6 Å². The van der Waals surface area contributed by atoms with Crippen LogP contribution >= 0.6 is 11.3 Å². The lowest BCUT2D eigenvalue weighted by molar-refractivity contribution is 0.0713. The van der Waals surface area contributed by atoms with Crippen LogP contribution in [0.1, 0.15) is 50.3 Å². The molecule has 2 fully saturated rings. The average molecular weight is 518 g/mol. The second-order valence-corrected chi connectivity index (χ2v) is 10.4. The van der Waals surface area contributed by atoms with Gasteiger partial charge in [0.1, 0.15) is 22.5 Å². The number of pyridine rings is 1. The highest BCUT2D eigenvalue weighted by Gasteiger charge is 2.29. The molecule has 0 bridgehead atoms. The Morgan fingerprint density at radius 2 is 1.65 bits per heavy atom. The first-order valence-corrected chi connectivity index (χ1v) is 13.4. The molecule has 0 spiro atoms. The van der Waals surface area contributed by atoms with E-state index in [1.54, 1.807) is 29.5 Å². The summed E-state index contributed by atoms with van der Waals surface area (Å²) in [5.41, 5.74) is 3.31. The van der Waals surface area contributed by atoms with Gasteiger partial charge < -0.3 is 14.7 Å². The normalized spacial score (nSPS) is 16.9. The van der Waals surface area contributed by atoms with Crippen molar-refractivity contribution < 1.29 is 14.2 Å². The number of piperidine rings is 1. The molecule has 2 aliphatic rings. The number of nitrogens with zero attached hydrogens (tertiary/aromatic N) is 7. The summed E-state index contributed by atoms with van der Waals surface area (Å²) in [7, 11) is 0. The smallest absolute Gasteiger partial charge is 0.273 e. The van der Waals surface area contributed by atoms with Crippen LogP contribution in [-0.4, -0.2) is 81.2 Å². The zero-order valence-corrected chi connectivity index (χ0v) is 21.4. The Kier molecular flexibility index (Phi) is 6.29. The number of carbonyl (C=O) groups excluding carboxylic acids is 2. The highest BCUT2D eigenvalue weighted by Crippen LogP contribution is 2.31. The Hall–Kier alpha value is -3.86. The SMILES string of the molecule is Cc1cccc(N2CCN(C(=O)c3csc(C4CCN(C(=O)c5ccc6nonc6c5)CC4)n3)CC2)n1. The molecule has 190 valence electrons. The third-order valence-corrected chi connectivity index (χ3v) is 8.14. The summed E-state index contributed by atoms with van der Waals surface area (Å²) in [4.78, 5) is 41.4. The van der Waals surface area contributed by atoms with Gasteiger partial charge >= 0.3 is 0 Å². The van der Waals surface area contributed by atoms with Gasteiger partial charge in [-0.1, -0.05) is 6.07 Å². The lowest BCUT2D eigenvalue weighted by atomic mass is 9.97. The molecule has 4 aromatic rings. The number of thiazole rings is 1. The zero-order valence-electron chi connectivity index (χ0n) is 20.5. The monoisotopic (exact) mass is 517 g/mol. The summed E-state index contributed by atoms with van der Waals surface area (Å²) < 4.78 is 4.73. The third kappa shape index (κ3) is 4.78. The summed E-state index contributed by atoms with van der Waals surface area (Å²) in [6.45, 7) is 6.10. The van der Waals surface area contributed by atoms with Gasteiger partial charge in [-0.2, -0.15) is 0 Å². The maximum Gasteiger partial charge on any atom is 0.273 e. The number of amides is 2. The maximum atomic E-state index is 13.1. The van der Waals surface area contributed by atoms with Crippen molar-refractivity contribution in [3.8, 4) is 0 Å². The lowest BCUT2D eigenvalue weighted by Crippen LogP contribution is -2.49. The lowest BCUT2D eigenvalue weighted by Gasteiger charge is -2.35. The van der Waals surface area contributed by atoms with Gasteiger partial charge in [0.25, 0.3) is 11.8 Å². The van der Waals surface area contributed by atoms with Crippen LogP contribution in [0.4, 0.5) is 5.82 Å². The van der Waals surface area contributed by atoms with Crippen LogP contribution in [0.2, 0.25) is 0 Å². The number of hydrogen-bond acceptors (Lipinski definition) is 9. The number of piperazine rings is 1. The van der Waals surface area contributed by atoms with Crippen LogP contribution in [-0.2, 0) is 0 Å². The first kappa shape index (κ1) is 23.5. The summed E-state index contributed by atoms with van der Waals surface area (Å²) in [6.07, 6.45) is 1.64. The Labute approximate surface area is 217 Å². The van der Waals surface area contributed by atoms with Gasteiger partial charge in [-0.15, -0.1) is 11.3 Å². The van der Waals surface area contributed by atoms with Crippen molar-refractivity contribution in [3.05, 3.63) is 63.7 Å². The highest BCUT2D eigenvalue weighted by molar-refractivity contribution is 7.09. The number of likely N-dealkylation sites (tertiary alicyclic amines) is 1. The number of anilines is 1. The molecule has 37 heavy (non-hydrogen) atoms. The zero-order chi connectivity index (χ0) is 25.4. The second-order valence-electron chi connectivity index (χ2n) is 9.52. The minimum atomic E-state index is -0.0154. The summed E-state index contributed by atoms with van der Waals surface area (Å²) in [6, 6.07) is 11.2. The van der Waals surface area contributed by atoms with E-state index in [0.717, 1.165) is 42.5 Å². The van der Waals surface area contributed by atoms with E-state index in [9.17, 15) is 9.59 Å². The number of aryl methyl sites for hydroxylation is 1. The average Bonchev–Trinajstić information content (AvgIpc) is 3.62. The van der Waals surface area contributed by atoms with E-state index in [-0.39, 0.29) is 17.7 Å². The number of benzene rings is 1. The molecule has 2 amide bonds. The van der Waals surface area contributed by atoms with Crippen molar-refractivity contribution in [2.24, 2.45) is 0 Å². The molecule has 11 heteroatoms. The number of carbonyl (C=O) groups is 2. The van der Waals surface area contributed by atoms with Crippen molar-refractivity contribution >= 4 is 40.0 Å².